The molecular formula is C15H19N3O3. The van der Waals surface area contributed by atoms with Crippen LogP contribution in [0.15, 0.2) is 24.4 Å². The van der Waals surface area contributed by atoms with E-state index in [1.54, 1.807) is 6.20 Å². The summed E-state index contributed by atoms with van der Waals surface area (Å²) in [6.45, 7) is 1.69. The fourth-order valence-corrected chi connectivity index (χ4v) is 2.93. The Morgan fingerprint density at radius 3 is 2.95 bits per heavy atom. The van der Waals surface area contributed by atoms with Gasteiger partial charge in [-0.3, -0.25) is 14.7 Å². The van der Waals surface area contributed by atoms with Crippen molar-refractivity contribution in [3.63, 3.8) is 0 Å². The van der Waals surface area contributed by atoms with Crippen molar-refractivity contribution in [2.45, 2.75) is 25.3 Å². The van der Waals surface area contributed by atoms with Crippen molar-refractivity contribution in [1.29, 1.82) is 0 Å². The Kier molecular flexibility index (Phi) is 4.03. The van der Waals surface area contributed by atoms with E-state index in [9.17, 15) is 9.59 Å². The molecule has 0 bridgehead atoms. The average Bonchev–Trinajstić information content (AvgIpc) is 2.93. The number of rotatable bonds is 3. The number of carbonyl (C=O) groups is 2. The van der Waals surface area contributed by atoms with Crippen LogP contribution in [-0.2, 0) is 9.53 Å². The van der Waals surface area contributed by atoms with E-state index in [4.69, 9.17) is 4.74 Å². The molecular weight excluding hydrogens is 270 g/mol. The highest BCUT2D eigenvalue weighted by Gasteiger charge is 2.32. The molecule has 6 nitrogen and oxygen atoms in total. The molecule has 2 aliphatic rings. The van der Waals surface area contributed by atoms with Crippen molar-refractivity contribution >= 4 is 12.0 Å². The predicted octanol–water partition coefficient (Wildman–Crippen LogP) is 1.59. The zero-order chi connectivity index (χ0) is 14.7. The molecule has 3 heterocycles. The number of piperidine rings is 1. The quantitative estimate of drug-likeness (QED) is 0.847. The molecule has 0 N–H and O–H groups in total. The molecule has 3 rings (SSSR count). The van der Waals surface area contributed by atoms with Gasteiger partial charge in [0.05, 0.1) is 18.3 Å². The first kappa shape index (κ1) is 13.9. The van der Waals surface area contributed by atoms with Crippen molar-refractivity contribution in [3.8, 4) is 0 Å². The van der Waals surface area contributed by atoms with Gasteiger partial charge in [0.15, 0.2) is 0 Å². The maximum atomic E-state index is 12.5. The molecule has 2 amide bonds. The normalized spacial score (nSPS) is 22.3. The number of hydrogen-bond donors (Lipinski definition) is 0. The van der Waals surface area contributed by atoms with Crippen LogP contribution in [0.25, 0.3) is 0 Å². The first-order chi connectivity index (χ1) is 10.3. The van der Waals surface area contributed by atoms with Crippen LogP contribution >= 0.6 is 0 Å². The van der Waals surface area contributed by atoms with Gasteiger partial charge in [0, 0.05) is 12.7 Å². The van der Waals surface area contributed by atoms with Crippen LogP contribution in [0.1, 0.15) is 31.0 Å². The van der Waals surface area contributed by atoms with E-state index >= 15 is 0 Å². The third kappa shape index (κ3) is 2.99. The third-order valence-electron chi connectivity index (χ3n) is 4.02. The van der Waals surface area contributed by atoms with E-state index in [-0.39, 0.29) is 18.5 Å². The second-order valence-electron chi connectivity index (χ2n) is 5.39. The summed E-state index contributed by atoms with van der Waals surface area (Å²) in [5.41, 5.74) is 0.926. The molecule has 112 valence electrons. The molecule has 2 aliphatic heterocycles. The summed E-state index contributed by atoms with van der Waals surface area (Å²) in [6.07, 6.45) is 4.38. The highest BCUT2D eigenvalue weighted by atomic mass is 16.6. The van der Waals surface area contributed by atoms with E-state index in [0.717, 1.165) is 31.5 Å². The first-order valence-corrected chi connectivity index (χ1v) is 7.38. The smallest absolute Gasteiger partial charge is 0.410 e. The molecule has 0 spiro atoms. The van der Waals surface area contributed by atoms with Crippen LogP contribution in [0.3, 0.4) is 0 Å². The van der Waals surface area contributed by atoms with Gasteiger partial charge >= 0.3 is 6.09 Å². The Balaban J connectivity index is 1.71. The van der Waals surface area contributed by atoms with E-state index < -0.39 is 6.09 Å². The topological polar surface area (TPSA) is 62.7 Å². The van der Waals surface area contributed by atoms with Crippen molar-refractivity contribution in [3.05, 3.63) is 30.1 Å². The fraction of sp³-hybridized carbons (Fsp3) is 0.533. The molecule has 1 aromatic rings. The number of aromatic nitrogens is 1. The summed E-state index contributed by atoms with van der Waals surface area (Å²) in [4.78, 5) is 31.7. The summed E-state index contributed by atoms with van der Waals surface area (Å²) < 4.78 is 4.87. The largest absolute Gasteiger partial charge is 0.448 e. The van der Waals surface area contributed by atoms with E-state index in [1.807, 2.05) is 23.1 Å². The molecule has 1 atom stereocenters. The van der Waals surface area contributed by atoms with Crippen LogP contribution < -0.4 is 0 Å². The Morgan fingerprint density at radius 2 is 2.24 bits per heavy atom. The Hall–Kier alpha value is -2.11. The Morgan fingerprint density at radius 1 is 1.33 bits per heavy atom. The summed E-state index contributed by atoms with van der Waals surface area (Å²) in [7, 11) is 0. The molecule has 0 radical (unpaired) electrons. The lowest BCUT2D eigenvalue weighted by molar-refractivity contribution is -0.135. The van der Waals surface area contributed by atoms with Crippen molar-refractivity contribution in [2.24, 2.45) is 0 Å². The number of ether oxygens (including phenoxy) is 1. The molecule has 2 fully saturated rings. The van der Waals surface area contributed by atoms with Crippen molar-refractivity contribution < 1.29 is 14.3 Å². The zero-order valence-corrected chi connectivity index (χ0v) is 11.9. The van der Waals surface area contributed by atoms with Crippen LogP contribution in [0.2, 0.25) is 0 Å². The van der Waals surface area contributed by atoms with Crippen LogP contribution in [-0.4, -0.2) is 53.0 Å². The maximum Gasteiger partial charge on any atom is 0.410 e. The highest BCUT2D eigenvalue weighted by Crippen LogP contribution is 2.29. The molecule has 1 aromatic heterocycles. The number of nitrogens with zero attached hydrogens (tertiary/aromatic N) is 3. The lowest BCUT2D eigenvalue weighted by atomic mass is 9.98. The van der Waals surface area contributed by atoms with Gasteiger partial charge in [0.2, 0.25) is 5.91 Å². The van der Waals surface area contributed by atoms with Gasteiger partial charge < -0.3 is 9.64 Å². The average molecular weight is 289 g/mol. The molecule has 21 heavy (non-hydrogen) atoms. The van der Waals surface area contributed by atoms with Gasteiger partial charge in [-0.05, 0) is 31.4 Å². The van der Waals surface area contributed by atoms with E-state index in [2.05, 4.69) is 4.98 Å². The van der Waals surface area contributed by atoms with Gasteiger partial charge in [0.1, 0.15) is 13.2 Å². The fourth-order valence-electron chi connectivity index (χ4n) is 2.93. The minimum absolute atomic E-state index is 0.0195. The standard InChI is InChI=1S/C15H19N3O3/c19-14(11-17-9-10-21-15(17)20)18-8-4-2-6-13(18)12-5-1-3-7-16-12/h1,3,5,7,13H,2,4,6,8-11H2. The molecule has 2 saturated heterocycles. The molecule has 6 heteroatoms. The van der Waals surface area contributed by atoms with Crippen molar-refractivity contribution in [1.82, 2.24) is 14.8 Å². The molecule has 0 aliphatic carbocycles. The molecule has 0 aromatic carbocycles. The minimum Gasteiger partial charge on any atom is -0.448 e. The second-order valence-corrected chi connectivity index (χ2v) is 5.39. The zero-order valence-electron chi connectivity index (χ0n) is 11.9. The summed E-state index contributed by atoms with van der Waals surface area (Å²) in [6, 6.07) is 5.79. The lowest BCUT2D eigenvalue weighted by Gasteiger charge is -2.36. The van der Waals surface area contributed by atoms with Crippen LogP contribution in [0.5, 0.6) is 0 Å². The summed E-state index contributed by atoms with van der Waals surface area (Å²) in [5.74, 6) is -0.0239. The first-order valence-electron chi connectivity index (χ1n) is 7.38. The Labute approximate surface area is 123 Å². The van der Waals surface area contributed by atoms with Gasteiger partial charge in [0.25, 0.3) is 0 Å². The predicted molar refractivity (Wildman–Crippen MR) is 75.5 cm³/mol. The monoisotopic (exact) mass is 289 g/mol. The maximum absolute atomic E-state index is 12.5. The molecule has 1 unspecified atom stereocenters. The van der Waals surface area contributed by atoms with Gasteiger partial charge in [-0.1, -0.05) is 6.07 Å². The van der Waals surface area contributed by atoms with Crippen molar-refractivity contribution in [2.75, 3.05) is 26.2 Å². The number of hydrogen-bond acceptors (Lipinski definition) is 4. The number of carbonyl (C=O) groups excluding carboxylic acids is 2. The number of amides is 2. The lowest BCUT2D eigenvalue weighted by Crippen LogP contribution is -2.44. The second kappa shape index (κ2) is 6.11. The number of likely N-dealkylation sites (tertiary alicyclic amines) is 1. The minimum atomic E-state index is -0.394. The molecule has 0 saturated carbocycles. The third-order valence-corrected chi connectivity index (χ3v) is 4.02. The van der Waals surface area contributed by atoms with E-state index in [1.165, 1.54) is 4.90 Å². The van der Waals surface area contributed by atoms with Gasteiger partial charge in [-0.25, -0.2) is 4.79 Å². The number of cyclic esters (lactones) is 1. The van der Waals surface area contributed by atoms with E-state index in [0.29, 0.717) is 13.2 Å². The Bertz CT molecular complexity index is 520. The summed E-state index contributed by atoms with van der Waals surface area (Å²) >= 11 is 0. The number of pyridine rings is 1. The van der Waals surface area contributed by atoms with Crippen LogP contribution in [0, 0.1) is 0 Å². The van der Waals surface area contributed by atoms with Gasteiger partial charge in [-0.15, -0.1) is 0 Å². The summed E-state index contributed by atoms with van der Waals surface area (Å²) in [5, 5.41) is 0. The van der Waals surface area contributed by atoms with Gasteiger partial charge in [-0.2, -0.15) is 0 Å². The SMILES string of the molecule is O=C1OCCN1CC(=O)N1CCCCC1c1ccccn1. The highest BCUT2D eigenvalue weighted by molar-refractivity contribution is 5.83. The van der Waals surface area contributed by atoms with Crippen LogP contribution in [0.4, 0.5) is 4.79 Å².